The lowest BCUT2D eigenvalue weighted by atomic mass is 10.1. The average Bonchev–Trinajstić information content (AvgIpc) is 3.31. The van der Waals surface area contributed by atoms with Gasteiger partial charge in [-0.2, -0.15) is 0 Å². The highest BCUT2D eigenvalue weighted by Gasteiger charge is 2.27. The van der Waals surface area contributed by atoms with E-state index in [4.69, 9.17) is 0 Å². The van der Waals surface area contributed by atoms with Crippen molar-refractivity contribution in [2.45, 2.75) is 25.3 Å². The van der Waals surface area contributed by atoms with Crippen molar-refractivity contribution in [2.75, 3.05) is 32.7 Å². The fourth-order valence-electron chi connectivity index (χ4n) is 3.29. The number of piperazine rings is 1. The second kappa shape index (κ2) is 6.24. The van der Waals surface area contributed by atoms with E-state index in [0.29, 0.717) is 6.04 Å². The number of urea groups is 1. The predicted molar refractivity (Wildman–Crippen MR) is 91.6 cm³/mol. The number of fused-ring (bicyclic) bond motifs is 1. The van der Waals surface area contributed by atoms with Crippen LogP contribution in [0.3, 0.4) is 0 Å². The van der Waals surface area contributed by atoms with Crippen molar-refractivity contribution in [3.8, 4) is 0 Å². The smallest absolute Gasteiger partial charge is 0.317 e. The minimum Gasteiger partial charge on any atom is -0.361 e. The standard InChI is InChI=1S/C18H24N4O/c23-18(20-15-5-6-15)22-11-9-21(10-12-22)8-7-14-13-19-17-4-2-1-3-16(14)17/h1-4,13,15,19H,5-12H2,(H,20,23). The van der Waals surface area contributed by atoms with Crippen LogP contribution in [0.4, 0.5) is 4.79 Å². The fourth-order valence-corrected chi connectivity index (χ4v) is 3.29. The molecule has 2 fully saturated rings. The molecule has 23 heavy (non-hydrogen) atoms. The Bertz CT molecular complexity index is 683. The van der Waals surface area contributed by atoms with Crippen LogP contribution in [-0.2, 0) is 6.42 Å². The van der Waals surface area contributed by atoms with Crippen molar-refractivity contribution in [3.05, 3.63) is 36.0 Å². The van der Waals surface area contributed by atoms with Crippen LogP contribution in [0.15, 0.2) is 30.5 Å². The molecule has 2 aromatic rings. The molecule has 122 valence electrons. The summed E-state index contributed by atoms with van der Waals surface area (Å²) in [5.74, 6) is 0. The van der Waals surface area contributed by atoms with Crippen LogP contribution in [0, 0.1) is 0 Å². The van der Waals surface area contributed by atoms with Crippen LogP contribution >= 0.6 is 0 Å². The van der Waals surface area contributed by atoms with E-state index in [2.05, 4.69) is 45.7 Å². The van der Waals surface area contributed by atoms with Crippen molar-refractivity contribution >= 4 is 16.9 Å². The maximum Gasteiger partial charge on any atom is 0.317 e. The molecule has 0 bridgehead atoms. The molecule has 2 N–H and O–H groups in total. The Hall–Kier alpha value is -2.01. The van der Waals surface area contributed by atoms with Crippen LogP contribution in [0.5, 0.6) is 0 Å². The van der Waals surface area contributed by atoms with E-state index >= 15 is 0 Å². The number of nitrogens with zero attached hydrogens (tertiary/aromatic N) is 2. The zero-order valence-electron chi connectivity index (χ0n) is 13.4. The summed E-state index contributed by atoms with van der Waals surface area (Å²) in [6.45, 7) is 4.68. The zero-order valence-corrected chi connectivity index (χ0v) is 13.4. The first-order valence-electron chi connectivity index (χ1n) is 8.62. The summed E-state index contributed by atoms with van der Waals surface area (Å²) in [6, 6.07) is 9.04. The molecule has 1 saturated heterocycles. The number of hydrogen-bond donors (Lipinski definition) is 2. The molecule has 1 aliphatic carbocycles. The number of carbonyl (C=O) groups excluding carboxylic acids is 1. The third-order valence-electron chi connectivity index (χ3n) is 4.94. The molecule has 0 radical (unpaired) electrons. The molecule has 2 heterocycles. The molecule has 0 atom stereocenters. The summed E-state index contributed by atoms with van der Waals surface area (Å²) >= 11 is 0. The zero-order chi connectivity index (χ0) is 15.6. The van der Waals surface area contributed by atoms with Gasteiger partial charge in [-0.15, -0.1) is 0 Å². The van der Waals surface area contributed by atoms with Crippen LogP contribution in [0.1, 0.15) is 18.4 Å². The number of benzene rings is 1. The molecule has 5 nitrogen and oxygen atoms in total. The molecular weight excluding hydrogens is 288 g/mol. The van der Waals surface area contributed by atoms with Crippen molar-refractivity contribution in [3.63, 3.8) is 0 Å². The van der Waals surface area contributed by atoms with Crippen molar-refractivity contribution in [1.29, 1.82) is 0 Å². The minimum absolute atomic E-state index is 0.128. The van der Waals surface area contributed by atoms with E-state index in [1.807, 2.05) is 4.90 Å². The third-order valence-corrected chi connectivity index (χ3v) is 4.94. The molecule has 5 heteroatoms. The predicted octanol–water partition coefficient (Wildman–Crippen LogP) is 2.20. The van der Waals surface area contributed by atoms with Crippen molar-refractivity contribution in [2.24, 2.45) is 0 Å². The normalized spacial score (nSPS) is 19.2. The summed E-state index contributed by atoms with van der Waals surface area (Å²) in [4.78, 5) is 19.8. The summed E-state index contributed by atoms with van der Waals surface area (Å²) in [5, 5.41) is 4.41. The Balaban J connectivity index is 1.27. The van der Waals surface area contributed by atoms with Gasteiger partial charge in [-0.1, -0.05) is 18.2 Å². The lowest BCUT2D eigenvalue weighted by Gasteiger charge is -2.34. The van der Waals surface area contributed by atoms with E-state index in [9.17, 15) is 4.79 Å². The number of aromatic nitrogens is 1. The first kappa shape index (κ1) is 14.6. The largest absolute Gasteiger partial charge is 0.361 e. The molecule has 1 aliphatic heterocycles. The van der Waals surface area contributed by atoms with E-state index in [1.54, 1.807) is 0 Å². The molecule has 2 amide bonds. The maximum absolute atomic E-state index is 12.0. The number of amides is 2. The fraction of sp³-hybridized carbons (Fsp3) is 0.500. The van der Waals surface area contributed by atoms with Gasteiger partial charge in [0.2, 0.25) is 0 Å². The minimum atomic E-state index is 0.128. The van der Waals surface area contributed by atoms with E-state index in [-0.39, 0.29) is 6.03 Å². The van der Waals surface area contributed by atoms with Crippen molar-refractivity contribution in [1.82, 2.24) is 20.1 Å². The molecule has 1 saturated carbocycles. The maximum atomic E-state index is 12.0. The Morgan fingerprint density at radius 3 is 2.74 bits per heavy atom. The number of para-hydroxylation sites is 1. The summed E-state index contributed by atoms with van der Waals surface area (Å²) < 4.78 is 0. The van der Waals surface area contributed by atoms with Gasteiger partial charge in [0.1, 0.15) is 0 Å². The van der Waals surface area contributed by atoms with E-state index in [0.717, 1.165) is 52.0 Å². The summed E-state index contributed by atoms with van der Waals surface area (Å²) in [6.07, 6.45) is 5.48. The number of rotatable bonds is 4. The van der Waals surface area contributed by atoms with Crippen molar-refractivity contribution < 1.29 is 4.79 Å². The van der Waals surface area contributed by atoms with Gasteiger partial charge in [-0.05, 0) is 30.9 Å². The van der Waals surface area contributed by atoms with Gasteiger partial charge in [0.25, 0.3) is 0 Å². The highest BCUT2D eigenvalue weighted by Crippen LogP contribution is 2.20. The molecule has 1 aromatic carbocycles. The number of H-pyrrole nitrogens is 1. The van der Waals surface area contributed by atoms with Crippen LogP contribution in [0.25, 0.3) is 10.9 Å². The van der Waals surface area contributed by atoms with Gasteiger partial charge >= 0.3 is 6.03 Å². The molecule has 0 spiro atoms. The first-order chi connectivity index (χ1) is 11.3. The highest BCUT2D eigenvalue weighted by molar-refractivity contribution is 5.83. The molecule has 0 unspecified atom stereocenters. The molecule has 2 aliphatic rings. The Morgan fingerprint density at radius 2 is 1.96 bits per heavy atom. The SMILES string of the molecule is O=C(NC1CC1)N1CCN(CCc2c[nH]c3ccccc23)CC1. The van der Waals surface area contributed by atoms with Crippen LogP contribution < -0.4 is 5.32 Å². The highest BCUT2D eigenvalue weighted by atomic mass is 16.2. The van der Waals surface area contributed by atoms with Gasteiger partial charge in [-0.25, -0.2) is 4.79 Å². The number of aromatic amines is 1. The Labute approximate surface area is 136 Å². The second-order valence-electron chi connectivity index (χ2n) is 6.66. The lowest BCUT2D eigenvalue weighted by molar-refractivity contribution is 0.140. The van der Waals surface area contributed by atoms with Gasteiger partial charge < -0.3 is 15.2 Å². The number of nitrogens with one attached hydrogen (secondary N) is 2. The lowest BCUT2D eigenvalue weighted by Crippen LogP contribution is -2.52. The third kappa shape index (κ3) is 3.34. The van der Waals surface area contributed by atoms with Gasteiger partial charge in [0, 0.05) is 55.9 Å². The number of hydrogen-bond acceptors (Lipinski definition) is 2. The monoisotopic (exact) mass is 312 g/mol. The van der Waals surface area contributed by atoms with Crippen LogP contribution in [-0.4, -0.2) is 59.6 Å². The Kier molecular flexibility index (Phi) is 3.95. The van der Waals surface area contributed by atoms with Crippen LogP contribution in [0.2, 0.25) is 0 Å². The second-order valence-corrected chi connectivity index (χ2v) is 6.66. The summed E-state index contributed by atoms with van der Waals surface area (Å²) in [7, 11) is 0. The van der Waals surface area contributed by atoms with Gasteiger partial charge in [0.15, 0.2) is 0 Å². The van der Waals surface area contributed by atoms with Gasteiger partial charge in [-0.3, -0.25) is 4.90 Å². The quantitative estimate of drug-likeness (QED) is 0.909. The molecular formula is C18H24N4O. The molecule has 4 rings (SSSR count). The number of carbonyl (C=O) groups is 1. The van der Waals surface area contributed by atoms with Gasteiger partial charge in [0.05, 0.1) is 0 Å². The topological polar surface area (TPSA) is 51.4 Å². The average molecular weight is 312 g/mol. The first-order valence-corrected chi connectivity index (χ1v) is 8.62. The van der Waals surface area contributed by atoms with E-state index in [1.165, 1.54) is 16.5 Å². The molecule has 1 aromatic heterocycles. The Morgan fingerprint density at radius 1 is 1.17 bits per heavy atom. The summed E-state index contributed by atoms with van der Waals surface area (Å²) in [5.41, 5.74) is 2.60. The van der Waals surface area contributed by atoms with E-state index < -0.39 is 0 Å².